The second-order valence-electron chi connectivity index (χ2n) is 6.13. The summed E-state index contributed by atoms with van der Waals surface area (Å²) in [6.07, 6.45) is 1.28. The second-order valence-corrected chi connectivity index (χ2v) is 6.13. The summed E-state index contributed by atoms with van der Waals surface area (Å²) in [6, 6.07) is 0. The molecular formula is C13H24N2O2. The maximum Gasteiger partial charge on any atom is 0.410 e. The number of nitrogens with zero attached hydrogens (tertiary/aromatic N) is 1. The molecule has 1 N–H and O–H groups in total. The molecule has 0 bridgehead atoms. The summed E-state index contributed by atoms with van der Waals surface area (Å²) >= 11 is 0. The second kappa shape index (κ2) is 5.07. The molecule has 1 fully saturated rings. The van der Waals surface area contributed by atoms with E-state index in [0.717, 1.165) is 0 Å². The smallest absolute Gasteiger partial charge is 0.410 e. The van der Waals surface area contributed by atoms with E-state index in [0.29, 0.717) is 24.9 Å². The Morgan fingerprint density at radius 2 is 1.94 bits per heavy atom. The number of carbonyl (C=O) groups is 1. The highest BCUT2D eigenvalue weighted by atomic mass is 16.6. The molecule has 17 heavy (non-hydrogen) atoms. The Labute approximate surface area is 104 Å². The fourth-order valence-corrected chi connectivity index (χ4v) is 2.10. The van der Waals surface area contributed by atoms with Gasteiger partial charge in [-0.15, -0.1) is 0 Å². The zero-order chi connectivity index (χ0) is 13.2. The lowest BCUT2D eigenvalue weighted by Gasteiger charge is -2.43. The molecule has 0 aliphatic carbocycles. The van der Waals surface area contributed by atoms with E-state index in [1.807, 2.05) is 20.8 Å². The zero-order valence-corrected chi connectivity index (χ0v) is 11.5. The van der Waals surface area contributed by atoms with Gasteiger partial charge in [-0.1, -0.05) is 13.8 Å². The van der Waals surface area contributed by atoms with Crippen molar-refractivity contribution in [2.75, 3.05) is 13.1 Å². The van der Waals surface area contributed by atoms with Crippen LogP contribution in [0.2, 0.25) is 0 Å². The highest BCUT2D eigenvalue weighted by Crippen LogP contribution is 2.29. The van der Waals surface area contributed by atoms with Crippen molar-refractivity contribution in [1.29, 1.82) is 5.41 Å². The summed E-state index contributed by atoms with van der Waals surface area (Å²) in [5, 5.41) is 7.42. The van der Waals surface area contributed by atoms with Crippen molar-refractivity contribution < 1.29 is 9.53 Å². The molecule has 1 amide bonds. The lowest BCUT2D eigenvalue weighted by atomic mass is 9.80. The number of hydrogen-bond donors (Lipinski definition) is 1. The SMILES string of the molecule is CC(C)C(C=N)C1CN(C(=O)OC(C)(C)C)C1. The van der Waals surface area contributed by atoms with E-state index in [-0.39, 0.29) is 12.0 Å². The highest BCUT2D eigenvalue weighted by Gasteiger charge is 2.38. The van der Waals surface area contributed by atoms with E-state index in [1.165, 1.54) is 6.21 Å². The van der Waals surface area contributed by atoms with E-state index >= 15 is 0 Å². The summed E-state index contributed by atoms with van der Waals surface area (Å²) in [5.41, 5.74) is -0.429. The molecule has 4 heteroatoms. The van der Waals surface area contributed by atoms with Gasteiger partial charge >= 0.3 is 6.09 Å². The Hall–Kier alpha value is -1.06. The molecule has 98 valence electrons. The predicted molar refractivity (Wildman–Crippen MR) is 68.4 cm³/mol. The third-order valence-corrected chi connectivity index (χ3v) is 3.07. The third kappa shape index (κ3) is 3.72. The van der Waals surface area contributed by atoms with E-state index in [4.69, 9.17) is 10.1 Å². The van der Waals surface area contributed by atoms with Crippen molar-refractivity contribution in [1.82, 2.24) is 4.90 Å². The van der Waals surface area contributed by atoms with Gasteiger partial charge in [-0.3, -0.25) is 0 Å². The molecule has 1 saturated heterocycles. The molecule has 1 atom stereocenters. The van der Waals surface area contributed by atoms with E-state index in [1.54, 1.807) is 4.90 Å². The summed E-state index contributed by atoms with van der Waals surface area (Å²) in [5.74, 6) is 1.15. The fraction of sp³-hybridized carbons (Fsp3) is 0.846. The number of likely N-dealkylation sites (tertiary alicyclic amines) is 1. The van der Waals surface area contributed by atoms with Crippen LogP contribution in [0.3, 0.4) is 0 Å². The predicted octanol–water partition coefficient (Wildman–Crippen LogP) is 2.78. The van der Waals surface area contributed by atoms with Gasteiger partial charge in [0.05, 0.1) is 0 Å². The summed E-state index contributed by atoms with van der Waals surface area (Å²) in [6.45, 7) is 11.3. The van der Waals surface area contributed by atoms with Crippen LogP contribution < -0.4 is 0 Å². The van der Waals surface area contributed by atoms with Crippen LogP contribution in [0, 0.1) is 23.2 Å². The maximum absolute atomic E-state index is 11.7. The molecular weight excluding hydrogens is 216 g/mol. The molecule has 0 aromatic carbocycles. The molecule has 0 spiro atoms. The van der Waals surface area contributed by atoms with Crippen molar-refractivity contribution in [3.63, 3.8) is 0 Å². The molecule has 1 rings (SSSR count). The summed E-state index contributed by atoms with van der Waals surface area (Å²) in [7, 11) is 0. The van der Waals surface area contributed by atoms with Crippen LogP contribution in [0.4, 0.5) is 4.79 Å². The van der Waals surface area contributed by atoms with Crippen LogP contribution in [0.5, 0.6) is 0 Å². The molecule has 0 aromatic rings. The lowest BCUT2D eigenvalue weighted by Crippen LogP contribution is -2.54. The number of nitrogens with one attached hydrogen (secondary N) is 1. The van der Waals surface area contributed by atoms with Gasteiger partial charge in [-0.05, 0) is 32.9 Å². The first-order chi connectivity index (χ1) is 7.74. The van der Waals surface area contributed by atoms with Crippen LogP contribution in [-0.4, -0.2) is 35.9 Å². The van der Waals surface area contributed by atoms with Gasteiger partial charge < -0.3 is 15.0 Å². The number of ether oxygens (including phenoxy) is 1. The van der Waals surface area contributed by atoms with Gasteiger partial charge in [0.15, 0.2) is 0 Å². The summed E-state index contributed by atoms with van der Waals surface area (Å²) in [4.78, 5) is 13.4. The average Bonchev–Trinajstić information content (AvgIpc) is 2.05. The maximum atomic E-state index is 11.7. The first kappa shape index (κ1) is 14.0. The molecule has 1 unspecified atom stereocenters. The van der Waals surface area contributed by atoms with E-state index < -0.39 is 5.60 Å². The standard InChI is InChI=1S/C13H24N2O2/c1-9(2)11(6-14)10-7-15(8-10)12(16)17-13(3,4)5/h6,9-11,14H,7-8H2,1-5H3. The number of carbonyl (C=O) groups excluding carboxylic acids is 1. The van der Waals surface area contributed by atoms with Gasteiger partial charge in [-0.2, -0.15) is 0 Å². The fourth-order valence-electron chi connectivity index (χ4n) is 2.10. The number of amides is 1. The van der Waals surface area contributed by atoms with Crippen LogP contribution in [0.1, 0.15) is 34.6 Å². The minimum atomic E-state index is -0.429. The van der Waals surface area contributed by atoms with Crippen molar-refractivity contribution in [2.45, 2.75) is 40.2 Å². The topological polar surface area (TPSA) is 53.4 Å². The molecule has 1 aliphatic heterocycles. The third-order valence-electron chi connectivity index (χ3n) is 3.07. The van der Waals surface area contributed by atoms with E-state index in [2.05, 4.69) is 13.8 Å². The zero-order valence-electron chi connectivity index (χ0n) is 11.5. The van der Waals surface area contributed by atoms with Crippen LogP contribution in [-0.2, 0) is 4.74 Å². The Morgan fingerprint density at radius 1 is 1.41 bits per heavy atom. The Morgan fingerprint density at radius 3 is 2.29 bits per heavy atom. The molecule has 0 aromatic heterocycles. The van der Waals surface area contributed by atoms with Gasteiger partial charge in [0.2, 0.25) is 0 Å². The molecule has 1 aliphatic rings. The van der Waals surface area contributed by atoms with Crippen molar-refractivity contribution in [2.24, 2.45) is 17.8 Å². The van der Waals surface area contributed by atoms with Crippen LogP contribution in [0.15, 0.2) is 0 Å². The summed E-state index contributed by atoms with van der Waals surface area (Å²) < 4.78 is 5.29. The number of hydrogen-bond acceptors (Lipinski definition) is 3. The van der Waals surface area contributed by atoms with Crippen LogP contribution in [0.25, 0.3) is 0 Å². The minimum absolute atomic E-state index is 0.235. The normalized spacial score (nSPS) is 18.8. The van der Waals surface area contributed by atoms with Gasteiger partial charge in [0.25, 0.3) is 0 Å². The largest absolute Gasteiger partial charge is 0.444 e. The highest BCUT2D eigenvalue weighted by molar-refractivity contribution is 5.69. The monoisotopic (exact) mass is 240 g/mol. The van der Waals surface area contributed by atoms with E-state index in [9.17, 15) is 4.79 Å². The molecule has 0 radical (unpaired) electrons. The van der Waals surface area contributed by atoms with Crippen molar-refractivity contribution in [3.8, 4) is 0 Å². The Kier molecular flexibility index (Phi) is 4.17. The van der Waals surface area contributed by atoms with Gasteiger partial charge in [0.1, 0.15) is 5.60 Å². The quantitative estimate of drug-likeness (QED) is 0.771. The van der Waals surface area contributed by atoms with Crippen molar-refractivity contribution in [3.05, 3.63) is 0 Å². The first-order valence-corrected chi connectivity index (χ1v) is 6.23. The van der Waals surface area contributed by atoms with Crippen LogP contribution >= 0.6 is 0 Å². The molecule has 0 saturated carbocycles. The Bertz CT molecular complexity index is 288. The minimum Gasteiger partial charge on any atom is -0.444 e. The van der Waals surface area contributed by atoms with Crippen molar-refractivity contribution >= 4 is 12.3 Å². The number of rotatable bonds is 3. The van der Waals surface area contributed by atoms with Gasteiger partial charge in [-0.25, -0.2) is 4.79 Å². The Balaban J connectivity index is 2.41. The average molecular weight is 240 g/mol. The lowest BCUT2D eigenvalue weighted by molar-refractivity contribution is -0.00854. The molecule has 4 nitrogen and oxygen atoms in total. The first-order valence-electron chi connectivity index (χ1n) is 6.23. The molecule has 1 heterocycles. The van der Waals surface area contributed by atoms with Gasteiger partial charge in [0, 0.05) is 24.9 Å².